The maximum atomic E-state index is 12.4. The SMILES string of the molecule is COc1cccc(/C=C/C(=O)Nc2cccc(Cl)c2N2CCOCC2)c1. The van der Waals surface area contributed by atoms with Gasteiger partial charge in [-0.25, -0.2) is 0 Å². The molecule has 0 aliphatic carbocycles. The highest BCUT2D eigenvalue weighted by Crippen LogP contribution is 2.34. The van der Waals surface area contributed by atoms with Crippen LogP contribution >= 0.6 is 11.6 Å². The Hall–Kier alpha value is -2.50. The summed E-state index contributed by atoms with van der Waals surface area (Å²) in [5, 5.41) is 3.54. The van der Waals surface area contributed by atoms with E-state index in [0.29, 0.717) is 23.9 Å². The fourth-order valence-corrected chi connectivity index (χ4v) is 3.11. The Balaban J connectivity index is 1.74. The van der Waals surface area contributed by atoms with Crippen LogP contribution in [0, 0.1) is 0 Å². The van der Waals surface area contributed by atoms with Crippen LogP contribution in [0.2, 0.25) is 5.02 Å². The molecule has 0 aromatic heterocycles. The lowest BCUT2D eigenvalue weighted by Crippen LogP contribution is -2.37. The number of halogens is 1. The van der Waals surface area contributed by atoms with Crippen LogP contribution in [-0.4, -0.2) is 39.3 Å². The summed E-state index contributed by atoms with van der Waals surface area (Å²) in [4.78, 5) is 14.5. The van der Waals surface area contributed by atoms with Gasteiger partial charge in [-0.15, -0.1) is 0 Å². The van der Waals surface area contributed by atoms with Crippen molar-refractivity contribution >= 4 is 35.0 Å². The number of rotatable bonds is 5. The quantitative estimate of drug-likeness (QED) is 0.810. The Morgan fingerprint density at radius 3 is 2.77 bits per heavy atom. The normalized spacial score (nSPS) is 14.5. The first-order chi connectivity index (χ1) is 12.7. The van der Waals surface area contributed by atoms with Crippen molar-refractivity contribution in [1.82, 2.24) is 0 Å². The van der Waals surface area contributed by atoms with Gasteiger partial charge in [0.25, 0.3) is 0 Å². The van der Waals surface area contributed by atoms with Crippen molar-refractivity contribution in [1.29, 1.82) is 0 Å². The fraction of sp³-hybridized carbons (Fsp3) is 0.250. The molecule has 1 saturated heterocycles. The average molecular weight is 373 g/mol. The largest absolute Gasteiger partial charge is 0.497 e. The number of carbonyl (C=O) groups excluding carboxylic acids is 1. The van der Waals surface area contributed by atoms with Crippen LogP contribution in [-0.2, 0) is 9.53 Å². The van der Waals surface area contributed by atoms with Crippen molar-refractivity contribution in [2.75, 3.05) is 43.6 Å². The maximum Gasteiger partial charge on any atom is 0.248 e. The Bertz CT molecular complexity index is 801. The third-order valence-corrected chi connectivity index (χ3v) is 4.40. The van der Waals surface area contributed by atoms with Crippen molar-refractivity contribution in [3.05, 3.63) is 59.1 Å². The van der Waals surface area contributed by atoms with Gasteiger partial charge < -0.3 is 19.7 Å². The standard InChI is InChI=1S/C20H21ClN2O3/c1-25-16-5-2-4-15(14-16)8-9-19(24)22-18-7-3-6-17(21)20(18)23-10-12-26-13-11-23/h2-9,14H,10-13H2,1H3,(H,22,24)/b9-8+. The lowest BCUT2D eigenvalue weighted by molar-refractivity contribution is -0.111. The monoisotopic (exact) mass is 372 g/mol. The summed E-state index contributed by atoms with van der Waals surface area (Å²) in [5.41, 5.74) is 2.42. The van der Waals surface area contributed by atoms with E-state index >= 15 is 0 Å². The number of para-hydroxylation sites is 1. The number of ether oxygens (including phenoxy) is 2. The molecule has 0 saturated carbocycles. The van der Waals surface area contributed by atoms with Crippen LogP contribution in [0.15, 0.2) is 48.5 Å². The number of hydrogen-bond donors (Lipinski definition) is 1. The number of hydrogen-bond acceptors (Lipinski definition) is 4. The molecule has 1 heterocycles. The average Bonchev–Trinajstić information content (AvgIpc) is 2.67. The second-order valence-electron chi connectivity index (χ2n) is 5.83. The topological polar surface area (TPSA) is 50.8 Å². The third kappa shape index (κ3) is 4.56. The number of anilines is 2. The first kappa shape index (κ1) is 18.3. The molecule has 0 bridgehead atoms. The van der Waals surface area contributed by atoms with Gasteiger partial charge in [0, 0.05) is 19.2 Å². The first-order valence-electron chi connectivity index (χ1n) is 8.41. The second kappa shape index (κ2) is 8.74. The van der Waals surface area contributed by atoms with Gasteiger partial charge in [-0.2, -0.15) is 0 Å². The molecule has 1 aliphatic rings. The molecule has 0 spiro atoms. The molecule has 1 fully saturated rings. The molecule has 1 amide bonds. The van der Waals surface area contributed by atoms with Gasteiger partial charge in [0.2, 0.25) is 5.91 Å². The number of nitrogens with one attached hydrogen (secondary N) is 1. The van der Waals surface area contributed by atoms with Crippen LogP contribution < -0.4 is 15.0 Å². The lowest BCUT2D eigenvalue weighted by Gasteiger charge is -2.31. The Kier molecular flexibility index (Phi) is 6.15. The summed E-state index contributed by atoms with van der Waals surface area (Å²) in [6.07, 6.45) is 3.25. The molecule has 26 heavy (non-hydrogen) atoms. The second-order valence-corrected chi connectivity index (χ2v) is 6.24. The molecule has 1 aliphatic heterocycles. The van der Waals surface area contributed by atoms with Crippen molar-refractivity contribution in [2.24, 2.45) is 0 Å². The summed E-state index contributed by atoms with van der Waals surface area (Å²) < 4.78 is 10.6. The zero-order valence-corrected chi connectivity index (χ0v) is 15.3. The Morgan fingerprint density at radius 2 is 2.00 bits per heavy atom. The van der Waals surface area contributed by atoms with Gasteiger partial charge in [0.15, 0.2) is 0 Å². The smallest absolute Gasteiger partial charge is 0.248 e. The molecule has 2 aromatic carbocycles. The molecule has 0 radical (unpaired) electrons. The summed E-state index contributed by atoms with van der Waals surface area (Å²) >= 11 is 6.39. The predicted molar refractivity (Wildman–Crippen MR) is 105 cm³/mol. The number of carbonyl (C=O) groups is 1. The molecule has 0 atom stereocenters. The highest BCUT2D eigenvalue weighted by Gasteiger charge is 2.18. The molecule has 1 N–H and O–H groups in total. The van der Waals surface area contributed by atoms with E-state index in [4.69, 9.17) is 21.1 Å². The van der Waals surface area contributed by atoms with Crippen LogP contribution in [0.5, 0.6) is 5.75 Å². The molecule has 2 aromatic rings. The highest BCUT2D eigenvalue weighted by molar-refractivity contribution is 6.34. The summed E-state index contributed by atoms with van der Waals surface area (Å²) in [6.45, 7) is 2.78. The lowest BCUT2D eigenvalue weighted by atomic mass is 10.2. The molecule has 0 unspecified atom stereocenters. The fourth-order valence-electron chi connectivity index (χ4n) is 2.82. The molecule has 5 nitrogen and oxygen atoms in total. The number of morpholine rings is 1. The minimum atomic E-state index is -0.218. The zero-order valence-electron chi connectivity index (χ0n) is 14.6. The molecular formula is C20H21ClN2O3. The molecule has 136 valence electrons. The highest BCUT2D eigenvalue weighted by atomic mass is 35.5. The van der Waals surface area contributed by atoms with E-state index in [1.165, 1.54) is 6.08 Å². The van der Waals surface area contributed by atoms with E-state index in [0.717, 1.165) is 30.1 Å². The van der Waals surface area contributed by atoms with Gasteiger partial charge in [0.05, 0.1) is 36.7 Å². The number of methoxy groups -OCH3 is 1. The number of nitrogens with zero attached hydrogens (tertiary/aromatic N) is 1. The van der Waals surface area contributed by atoms with Crippen molar-refractivity contribution < 1.29 is 14.3 Å². The van der Waals surface area contributed by atoms with Gasteiger partial charge >= 0.3 is 0 Å². The van der Waals surface area contributed by atoms with E-state index < -0.39 is 0 Å². The van der Waals surface area contributed by atoms with Crippen molar-refractivity contribution in [2.45, 2.75) is 0 Å². The van der Waals surface area contributed by atoms with E-state index in [1.807, 2.05) is 42.5 Å². The van der Waals surface area contributed by atoms with Gasteiger partial charge in [-0.05, 0) is 35.9 Å². The Morgan fingerprint density at radius 1 is 1.23 bits per heavy atom. The van der Waals surface area contributed by atoms with Gasteiger partial charge in [-0.3, -0.25) is 4.79 Å². The van der Waals surface area contributed by atoms with Gasteiger partial charge in [-0.1, -0.05) is 29.8 Å². The summed E-state index contributed by atoms with van der Waals surface area (Å²) in [6, 6.07) is 13.0. The third-order valence-electron chi connectivity index (χ3n) is 4.09. The summed E-state index contributed by atoms with van der Waals surface area (Å²) in [7, 11) is 1.61. The van der Waals surface area contributed by atoms with Crippen molar-refractivity contribution in [3.63, 3.8) is 0 Å². The number of benzene rings is 2. The van der Waals surface area contributed by atoms with Crippen molar-refractivity contribution in [3.8, 4) is 5.75 Å². The van der Waals surface area contributed by atoms with Crippen LogP contribution in [0.4, 0.5) is 11.4 Å². The minimum absolute atomic E-state index is 0.218. The zero-order chi connectivity index (χ0) is 18.4. The minimum Gasteiger partial charge on any atom is -0.497 e. The Labute approximate surface area is 158 Å². The molecule has 6 heteroatoms. The van der Waals surface area contributed by atoms with E-state index in [1.54, 1.807) is 13.2 Å². The van der Waals surface area contributed by atoms with Crippen LogP contribution in [0.25, 0.3) is 6.08 Å². The van der Waals surface area contributed by atoms with E-state index in [-0.39, 0.29) is 5.91 Å². The van der Waals surface area contributed by atoms with E-state index in [9.17, 15) is 4.79 Å². The van der Waals surface area contributed by atoms with Gasteiger partial charge in [0.1, 0.15) is 5.75 Å². The first-order valence-corrected chi connectivity index (χ1v) is 8.79. The summed E-state index contributed by atoms with van der Waals surface area (Å²) in [5.74, 6) is 0.529. The predicted octanol–water partition coefficient (Wildman–Crippen LogP) is 3.84. The van der Waals surface area contributed by atoms with E-state index in [2.05, 4.69) is 10.2 Å². The molecular weight excluding hydrogens is 352 g/mol. The van der Waals surface area contributed by atoms with Crippen LogP contribution in [0.1, 0.15) is 5.56 Å². The molecule has 3 rings (SSSR count). The number of amides is 1. The van der Waals surface area contributed by atoms with Crippen LogP contribution in [0.3, 0.4) is 0 Å². The maximum absolute atomic E-state index is 12.4.